The smallest absolute Gasteiger partial charge is 0.244 e. The van der Waals surface area contributed by atoms with Crippen LogP contribution in [0.4, 0.5) is 5.69 Å². The lowest BCUT2D eigenvalue weighted by molar-refractivity contribution is 0.568. The fourth-order valence-electron chi connectivity index (χ4n) is 1.72. The monoisotopic (exact) mass is 350 g/mol. The molecule has 0 fully saturated rings. The second-order valence-corrected chi connectivity index (χ2v) is 7.62. The van der Waals surface area contributed by atoms with Gasteiger partial charge in [-0.1, -0.05) is 29.3 Å². The van der Waals surface area contributed by atoms with E-state index in [1.807, 2.05) is 17.5 Å². The van der Waals surface area contributed by atoms with Crippen LogP contribution in [-0.4, -0.2) is 8.42 Å². The predicted octanol–water partition coefficient (Wildman–Crippen LogP) is 3.68. The Kier molecular flexibility index (Phi) is 4.61. The van der Waals surface area contributed by atoms with Gasteiger partial charge in [-0.25, -0.2) is 13.1 Å². The van der Waals surface area contributed by atoms with Crippen LogP contribution in [-0.2, 0) is 10.0 Å². The first-order valence-corrected chi connectivity index (χ1v) is 8.73. The van der Waals surface area contributed by atoms with E-state index in [-0.39, 0.29) is 21.0 Å². The van der Waals surface area contributed by atoms with Gasteiger partial charge in [0.1, 0.15) is 4.90 Å². The number of benzene rings is 1. The van der Waals surface area contributed by atoms with E-state index in [0.717, 1.165) is 4.88 Å². The molecule has 1 atom stereocenters. The Balaban J connectivity index is 2.37. The van der Waals surface area contributed by atoms with Crippen LogP contribution in [0.3, 0.4) is 0 Å². The number of rotatable bonds is 4. The summed E-state index contributed by atoms with van der Waals surface area (Å²) in [5.41, 5.74) is 5.88. The molecule has 3 N–H and O–H groups in total. The van der Waals surface area contributed by atoms with Crippen molar-refractivity contribution in [2.24, 2.45) is 0 Å². The van der Waals surface area contributed by atoms with Gasteiger partial charge in [0.25, 0.3) is 0 Å². The summed E-state index contributed by atoms with van der Waals surface area (Å²) < 4.78 is 27.3. The van der Waals surface area contributed by atoms with Crippen molar-refractivity contribution >= 4 is 50.2 Å². The third kappa shape index (κ3) is 3.27. The number of nitrogens with one attached hydrogen (secondary N) is 1. The average Bonchev–Trinajstić information content (AvgIpc) is 2.78. The van der Waals surface area contributed by atoms with E-state index in [0.29, 0.717) is 5.69 Å². The lowest BCUT2D eigenvalue weighted by atomic mass is 10.3. The number of hydrogen-bond acceptors (Lipinski definition) is 4. The fourth-order valence-corrected chi connectivity index (χ4v) is 4.99. The van der Waals surface area contributed by atoms with Crippen LogP contribution in [0.15, 0.2) is 34.5 Å². The van der Waals surface area contributed by atoms with Gasteiger partial charge < -0.3 is 5.73 Å². The Morgan fingerprint density at radius 2 is 1.90 bits per heavy atom. The molecule has 8 heteroatoms. The SMILES string of the molecule is CC(NS(=O)(=O)c1c(Cl)cc(N)cc1Cl)c1cccs1. The molecule has 0 aliphatic rings. The van der Waals surface area contributed by atoms with Crippen molar-refractivity contribution in [1.82, 2.24) is 4.72 Å². The third-order valence-electron chi connectivity index (χ3n) is 2.59. The van der Waals surface area contributed by atoms with Gasteiger partial charge in [0.15, 0.2) is 0 Å². The second-order valence-electron chi connectivity index (χ2n) is 4.17. The van der Waals surface area contributed by atoms with Crippen molar-refractivity contribution in [3.63, 3.8) is 0 Å². The zero-order chi connectivity index (χ0) is 14.9. The lowest BCUT2D eigenvalue weighted by Gasteiger charge is -2.15. The second kappa shape index (κ2) is 5.91. The zero-order valence-electron chi connectivity index (χ0n) is 10.4. The molecule has 0 aliphatic carbocycles. The van der Waals surface area contributed by atoms with Crippen LogP contribution in [0.25, 0.3) is 0 Å². The van der Waals surface area contributed by atoms with E-state index in [1.165, 1.54) is 23.5 Å². The molecule has 1 aromatic carbocycles. The molecule has 108 valence electrons. The maximum Gasteiger partial charge on any atom is 0.244 e. The number of halogens is 2. The van der Waals surface area contributed by atoms with Gasteiger partial charge in [-0.15, -0.1) is 11.3 Å². The molecule has 1 heterocycles. The molecule has 1 aromatic heterocycles. The molecule has 0 radical (unpaired) electrons. The lowest BCUT2D eigenvalue weighted by Crippen LogP contribution is -2.27. The summed E-state index contributed by atoms with van der Waals surface area (Å²) in [6, 6.07) is 6.05. The van der Waals surface area contributed by atoms with Crippen molar-refractivity contribution in [2.45, 2.75) is 17.9 Å². The number of sulfonamides is 1. The molecule has 0 saturated carbocycles. The van der Waals surface area contributed by atoms with Gasteiger partial charge in [0.05, 0.1) is 16.1 Å². The van der Waals surface area contributed by atoms with Crippen LogP contribution in [0.5, 0.6) is 0 Å². The van der Waals surface area contributed by atoms with Crippen LogP contribution < -0.4 is 10.5 Å². The summed E-state index contributed by atoms with van der Waals surface area (Å²) in [7, 11) is -3.83. The van der Waals surface area contributed by atoms with E-state index in [4.69, 9.17) is 28.9 Å². The van der Waals surface area contributed by atoms with E-state index < -0.39 is 10.0 Å². The van der Waals surface area contributed by atoms with Crippen molar-refractivity contribution in [3.8, 4) is 0 Å². The van der Waals surface area contributed by atoms with Gasteiger partial charge in [0.2, 0.25) is 10.0 Å². The maximum absolute atomic E-state index is 12.4. The normalized spacial score (nSPS) is 13.3. The Morgan fingerprint density at radius 1 is 1.30 bits per heavy atom. The van der Waals surface area contributed by atoms with Crippen molar-refractivity contribution < 1.29 is 8.42 Å². The molecular weight excluding hydrogens is 339 g/mol. The van der Waals surface area contributed by atoms with Gasteiger partial charge in [-0.3, -0.25) is 0 Å². The molecule has 1 unspecified atom stereocenters. The molecule has 0 amide bonds. The van der Waals surface area contributed by atoms with E-state index in [1.54, 1.807) is 6.92 Å². The standard InChI is InChI=1S/C12H12Cl2N2O2S2/c1-7(11-3-2-4-19-11)16-20(17,18)12-9(13)5-8(15)6-10(12)14/h2-7,16H,15H2,1H3. The highest BCUT2D eigenvalue weighted by Gasteiger charge is 2.25. The van der Waals surface area contributed by atoms with E-state index >= 15 is 0 Å². The Morgan fingerprint density at radius 3 is 2.40 bits per heavy atom. The third-order valence-corrected chi connectivity index (χ3v) is 6.11. The summed E-state index contributed by atoms with van der Waals surface area (Å²) in [6.45, 7) is 1.75. The minimum absolute atomic E-state index is 0.000814. The maximum atomic E-state index is 12.4. The quantitative estimate of drug-likeness (QED) is 0.826. The van der Waals surface area contributed by atoms with Crippen molar-refractivity contribution in [2.75, 3.05) is 5.73 Å². The van der Waals surface area contributed by atoms with Crippen LogP contribution in [0, 0.1) is 0 Å². The summed E-state index contributed by atoms with van der Waals surface area (Å²) in [5, 5.41) is 1.88. The van der Waals surface area contributed by atoms with Crippen molar-refractivity contribution in [3.05, 3.63) is 44.6 Å². The summed E-state index contributed by atoms with van der Waals surface area (Å²) >= 11 is 13.4. The molecule has 0 spiro atoms. The Bertz CT molecular complexity index is 692. The number of nitrogen functional groups attached to an aromatic ring is 1. The van der Waals surface area contributed by atoms with Gasteiger partial charge in [-0.05, 0) is 30.5 Å². The van der Waals surface area contributed by atoms with Gasteiger partial charge in [-0.2, -0.15) is 0 Å². The minimum Gasteiger partial charge on any atom is -0.399 e. The van der Waals surface area contributed by atoms with Gasteiger partial charge in [0, 0.05) is 10.6 Å². The van der Waals surface area contributed by atoms with Crippen molar-refractivity contribution in [1.29, 1.82) is 0 Å². The number of hydrogen-bond donors (Lipinski definition) is 2. The molecule has 0 bridgehead atoms. The van der Waals surface area contributed by atoms with Crippen LogP contribution in [0.2, 0.25) is 10.0 Å². The largest absolute Gasteiger partial charge is 0.399 e. The molecular formula is C12H12Cl2N2O2S2. The van der Waals surface area contributed by atoms with E-state index in [9.17, 15) is 8.42 Å². The summed E-state index contributed by atoms with van der Waals surface area (Å²) in [6.07, 6.45) is 0. The summed E-state index contributed by atoms with van der Waals surface area (Å²) in [4.78, 5) is 0.745. The van der Waals surface area contributed by atoms with Crippen LogP contribution in [0.1, 0.15) is 17.8 Å². The summed E-state index contributed by atoms with van der Waals surface area (Å²) in [5.74, 6) is 0. The number of anilines is 1. The zero-order valence-corrected chi connectivity index (χ0v) is 13.6. The van der Waals surface area contributed by atoms with Crippen LogP contribution >= 0.6 is 34.5 Å². The number of nitrogens with two attached hydrogens (primary N) is 1. The topological polar surface area (TPSA) is 72.2 Å². The Hall–Kier alpha value is -0.790. The Labute approximate surface area is 131 Å². The highest BCUT2D eigenvalue weighted by atomic mass is 35.5. The predicted molar refractivity (Wildman–Crippen MR) is 83.9 cm³/mol. The molecule has 0 aliphatic heterocycles. The first kappa shape index (κ1) is 15.6. The average molecular weight is 351 g/mol. The number of thiophene rings is 1. The first-order chi connectivity index (χ1) is 9.31. The minimum atomic E-state index is -3.83. The van der Waals surface area contributed by atoms with Gasteiger partial charge >= 0.3 is 0 Å². The molecule has 0 saturated heterocycles. The first-order valence-electron chi connectivity index (χ1n) is 5.61. The molecule has 2 aromatic rings. The molecule has 4 nitrogen and oxygen atoms in total. The molecule has 2 rings (SSSR count). The highest BCUT2D eigenvalue weighted by Crippen LogP contribution is 2.32. The van der Waals surface area contributed by atoms with E-state index in [2.05, 4.69) is 4.72 Å². The fraction of sp³-hybridized carbons (Fsp3) is 0.167. The highest BCUT2D eigenvalue weighted by molar-refractivity contribution is 7.89. The molecule has 20 heavy (non-hydrogen) atoms.